The molecule has 2 rings (SSSR count). The molecule has 15 heavy (non-hydrogen) atoms. The van der Waals surface area contributed by atoms with E-state index in [4.69, 9.17) is 0 Å². The first-order valence-corrected chi connectivity index (χ1v) is 5.35. The molecule has 0 aliphatic carbocycles. The molecule has 0 radical (unpaired) electrons. The average molecular weight is 208 g/mol. The number of piperazine rings is 1. The van der Waals surface area contributed by atoms with Crippen molar-refractivity contribution in [1.29, 1.82) is 0 Å². The van der Waals surface area contributed by atoms with Gasteiger partial charge in [0.15, 0.2) is 0 Å². The molecule has 1 N–H and O–H groups in total. The Bertz CT molecular complexity index is 351. The van der Waals surface area contributed by atoms with Crippen molar-refractivity contribution in [2.24, 2.45) is 0 Å². The Morgan fingerprint density at radius 3 is 3.00 bits per heavy atom. The van der Waals surface area contributed by atoms with Crippen molar-refractivity contribution in [1.82, 2.24) is 10.2 Å². The summed E-state index contributed by atoms with van der Waals surface area (Å²) in [4.78, 5) is 2.20. The monoisotopic (exact) mass is 208 g/mol. The van der Waals surface area contributed by atoms with Crippen LogP contribution in [0.15, 0.2) is 18.2 Å². The van der Waals surface area contributed by atoms with E-state index >= 15 is 0 Å². The molecule has 0 amide bonds. The quantitative estimate of drug-likeness (QED) is 0.756. The summed E-state index contributed by atoms with van der Waals surface area (Å²) in [6.07, 6.45) is 0. The second kappa shape index (κ2) is 4.29. The predicted molar refractivity (Wildman–Crippen MR) is 59.4 cm³/mol. The van der Waals surface area contributed by atoms with E-state index in [-0.39, 0.29) is 11.9 Å². The number of halogens is 1. The first-order valence-electron chi connectivity index (χ1n) is 5.35. The van der Waals surface area contributed by atoms with Crippen LogP contribution in [0.4, 0.5) is 4.39 Å². The molecule has 0 aromatic heterocycles. The standard InChI is InChI=1S/C12H17FN2/c1-9-3-4-11(13)10(7-9)12-8-14-5-6-15(12)2/h3-4,7,12,14H,5-6,8H2,1-2H3. The minimum Gasteiger partial charge on any atom is -0.314 e. The van der Waals surface area contributed by atoms with E-state index in [1.807, 2.05) is 26.1 Å². The van der Waals surface area contributed by atoms with Crippen molar-refractivity contribution in [3.8, 4) is 0 Å². The van der Waals surface area contributed by atoms with Crippen LogP contribution in [0.2, 0.25) is 0 Å². The number of rotatable bonds is 1. The molecule has 1 fully saturated rings. The van der Waals surface area contributed by atoms with Crippen LogP contribution in [0.5, 0.6) is 0 Å². The Labute approximate surface area is 90.1 Å². The van der Waals surface area contributed by atoms with E-state index < -0.39 is 0 Å². The Balaban J connectivity index is 2.30. The molecular formula is C12H17FN2. The van der Waals surface area contributed by atoms with Gasteiger partial charge < -0.3 is 5.32 Å². The first-order chi connectivity index (χ1) is 7.18. The highest BCUT2D eigenvalue weighted by Gasteiger charge is 2.22. The first kappa shape index (κ1) is 10.6. The van der Waals surface area contributed by atoms with Gasteiger partial charge in [0, 0.05) is 31.2 Å². The highest BCUT2D eigenvalue weighted by atomic mass is 19.1. The third kappa shape index (κ3) is 2.19. The van der Waals surface area contributed by atoms with E-state index in [0.29, 0.717) is 0 Å². The molecule has 1 aliphatic heterocycles. The van der Waals surface area contributed by atoms with Crippen molar-refractivity contribution < 1.29 is 4.39 Å². The van der Waals surface area contributed by atoms with Gasteiger partial charge in [-0.25, -0.2) is 4.39 Å². The molecule has 3 heteroatoms. The third-order valence-electron chi connectivity index (χ3n) is 3.02. The topological polar surface area (TPSA) is 15.3 Å². The summed E-state index contributed by atoms with van der Waals surface area (Å²) in [5, 5.41) is 3.30. The van der Waals surface area contributed by atoms with Gasteiger partial charge in [0.1, 0.15) is 5.82 Å². The van der Waals surface area contributed by atoms with Gasteiger partial charge >= 0.3 is 0 Å². The van der Waals surface area contributed by atoms with Crippen LogP contribution in [-0.2, 0) is 0 Å². The van der Waals surface area contributed by atoms with Crippen molar-refractivity contribution in [3.63, 3.8) is 0 Å². The summed E-state index contributed by atoms with van der Waals surface area (Å²) < 4.78 is 13.7. The maximum atomic E-state index is 13.7. The molecule has 1 saturated heterocycles. The summed E-state index contributed by atoms with van der Waals surface area (Å²) in [7, 11) is 2.05. The fourth-order valence-electron chi connectivity index (χ4n) is 2.07. The minimum absolute atomic E-state index is 0.0962. The summed E-state index contributed by atoms with van der Waals surface area (Å²) in [5.74, 6) is -0.0962. The minimum atomic E-state index is -0.0962. The van der Waals surface area contributed by atoms with Gasteiger partial charge in [0.2, 0.25) is 0 Å². The smallest absolute Gasteiger partial charge is 0.128 e. The van der Waals surface area contributed by atoms with Crippen LogP contribution in [0.1, 0.15) is 17.2 Å². The van der Waals surface area contributed by atoms with E-state index in [1.165, 1.54) is 0 Å². The van der Waals surface area contributed by atoms with Crippen LogP contribution in [-0.4, -0.2) is 31.6 Å². The van der Waals surface area contributed by atoms with E-state index in [2.05, 4.69) is 10.2 Å². The number of nitrogens with one attached hydrogen (secondary N) is 1. The van der Waals surface area contributed by atoms with E-state index in [9.17, 15) is 4.39 Å². The van der Waals surface area contributed by atoms with Gasteiger partial charge in [-0.15, -0.1) is 0 Å². The molecule has 1 unspecified atom stereocenters. The molecule has 82 valence electrons. The molecular weight excluding hydrogens is 191 g/mol. The van der Waals surface area contributed by atoms with Crippen molar-refractivity contribution in [2.45, 2.75) is 13.0 Å². The Morgan fingerprint density at radius 1 is 1.47 bits per heavy atom. The van der Waals surface area contributed by atoms with E-state index in [1.54, 1.807) is 6.07 Å². The highest BCUT2D eigenvalue weighted by Crippen LogP contribution is 2.24. The van der Waals surface area contributed by atoms with Crippen LogP contribution in [0.3, 0.4) is 0 Å². The van der Waals surface area contributed by atoms with Crippen molar-refractivity contribution in [3.05, 3.63) is 35.1 Å². The molecule has 1 aliphatic rings. The van der Waals surface area contributed by atoms with Crippen molar-refractivity contribution in [2.75, 3.05) is 26.7 Å². The van der Waals surface area contributed by atoms with Gasteiger partial charge in [-0.1, -0.05) is 17.7 Å². The van der Waals surface area contributed by atoms with Gasteiger partial charge in [-0.05, 0) is 20.0 Å². The fraction of sp³-hybridized carbons (Fsp3) is 0.500. The maximum absolute atomic E-state index is 13.7. The maximum Gasteiger partial charge on any atom is 0.128 e. The highest BCUT2D eigenvalue weighted by molar-refractivity contribution is 5.27. The number of hydrogen-bond donors (Lipinski definition) is 1. The molecule has 0 spiro atoms. The van der Waals surface area contributed by atoms with Crippen LogP contribution in [0, 0.1) is 12.7 Å². The number of aryl methyl sites for hydroxylation is 1. The molecule has 1 atom stereocenters. The van der Waals surface area contributed by atoms with Crippen LogP contribution < -0.4 is 5.32 Å². The zero-order chi connectivity index (χ0) is 10.8. The number of nitrogens with zero attached hydrogens (tertiary/aromatic N) is 1. The molecule has 0 bridgehead atoms. The zero-order valence-corrected chi connectivity index (χ0v) is 9.26. The van der Waals surface area contributed by atoms with Crippen LogP contribution >= 0.6 is 0 Å². The van der Waals surface area contributed by atoms with Gasteiger partial charge in [-0.3, -0.25) is 4.90 Å². The lowest BCUT2D eigenvalue weighted by atomic mass is 10.0. The molecule has 1 aromatic carbocycles. The normalized spacial score (nSPS) is 23.0. The lowest BCUT2D eigenvalue weighted by molar-refractivity contribution is 0.198. The van der Waals surface area contributed by atoms with Crippen LogP contribution in [0.25, 0.3) is 0 Å². The second-order valence-corrected chi connectivity index (χ2v) is 4.23. The summed E-state index contributed by atoms with van der Waals surface area (Å²) in [6.45, 7) is 4.79. The molecule has 2 nitrogen and oxygen atoms in total. The lowest BCUT2D eigenvalue weighted by Gasteiger charge is -2.33. The summed E-state index contributed by atoms with van der Waals surface area (Å²) >= 11 is 0. The SMILES string of the molecule is Cc1ccc(F)c(C2CNCCN2C)c1. The van der Waals surface area contributed by atoms with Gasteiger partial charge in [0.05, 0.1) is 0 Å². The summed E-state index contributed by atoms with van der Waals surface area (Å²) in [6, 6.07) is 5.49. The Morgan fingerprint density at radius 2 is 2.27 bits per heavy atom. The number of benzene rings is 1. The van der Waals surface area contributed by atoms with E-state index in [0.717, 1.165) is 30.8 Å². The zero-order valence-electron chi connectivity index (χ0n) is 9.26. The lowest BCUT2D eigenvalue weighted by Crippen LogP contribution is -2.44. The second-order valence-electron chi connectivity index (χ2n) is 4.23. The Hall–Kier alpha value is -0.930. The Kier molecular flexibility index (Phi) is 3.03. The number of hydrogen-bond acceptors (Lipinski definition) is 2. The largest absolute Gasteiger partial charge is 0.314 e. The van der Waals surface area contributed by atoms with Gasteiger partial charge in [-0.2, -0.15) is 0 Å². The molecule has 1 heterocycles. The average Bonchev–Trinajstić information content (AvgIpc) is 2.23. The predicted octanol–water partition coefficient (Wildman–Crippen LogP) is 1.71. The fourth-order valence-corrected chi connectivity index (χ4v) is 2.07. The number of likely N-dealkylation sites (N-methyl/N-ethyl adjacent to an activating group) is 1. The third-order valence-corrected chi connectivity index (χ3v) is 3.02. The summed E-state index contributed by atoms with van der Waals surface area (Å²) in [5.41, 5.74) is 1.93. The van der Waals surface area contributed by atoms with Gasteiger partial charge in [0.25, 0.3) is 0 Å². The molecule has 0 saturated carbocycles. The molecule has 1 aromatic rings. The van der Waals surface area contributed by atoms with Crippen molar-refractivity contribution >= 4 is 0 Å².